The van der Waals surface area contributed by atoms with Gasteiger partial charge < -0.3 is 4.42 Å². The van der Waals surface area contributed by atoms with Gasteiger partial charge in [0.25, 0.3) is 5.91 Å². The van der Waals surface area contributed by atoms with Crippen molar-refractivity contribution in [1.29, 1.82) is 0 Å². The van der Waals surface area contributed by atoms with E-state index in [2.05, 4.69) is 6.07 Å². The van der Waals surface area contributed by atoms with Gasteiger partial charge in [-0.15, -0.1) is 0 Å². The molecule has 38 heavy (non-hydrogen) atoms. The SMILES string of the molecule is Cc1cc(C)c2sc(N(Cc3ccco3)C(=O)c3ccc(S(=O)(=O)N(CC(C)C)CC(C)C)cc3)nc2c1. The zero-order valence-corrected chi connectivity index (χ0v) is 24.4. The summed E-state index contributed by atoms with van der Waals surface area (Å²) in [5.74, 6) is 0.740. The van der Waals surface area contributed by atoms with E-state index in [-0.39, 0.29) is 29.2 Å². The summed E-state index contributed by atoms with van der Waals surface area (Å²) in [7, 11) is -3.69. The molecule has 0 atom stereocenters. The van der Waals surface area contributed by atoms with E-state index in [9.17, 15) is 13.2 Å². The van der Waals surface area contributed by atoms with Crippen LogP contribution in [-0.4, -0.2) is 36.7 Å². The molecule has 9 heteroatoms. The molecule has 4 aromatic rings. The lowest BCUT2D eigenvalue weighted by Gasteiger charge is -2.25. The lowest BCUT2D eigenvalue weighted by atomic mass is 10.1. The summed E-state index contributed by atoms with van der Waals surface area (Å²) in [6.07, 6.45) is 1.57. The average molecular weight is 554 g/mol. The largest absolute Gasteiger partial charge is 0.467 e. The highest BCUT2D eigenvalue weighted by Crippen LogP contribution is 2.34. The first-order valence-corrected chi connectivity index (χ1v) is 15.0. The Bertz CT molecular complexity index is 1500. The van der Waals surface area contributed by atoms with Gasteiger partial charge in [0, 0.05) is 18.7 Å². The Balaban J connectivity index is 1.68. The maximum absolute atomic E-state index is 13.8. The number of benzene rings is 2. The molecule has 0 N–H and O–H groups in total. The predicted octanol–water partition coefficient (Wildman–Crippen LogP) is 6.66. The number of aryl methyl sites for hydroxylation is 2. The van der Waals surface area contributed by atoms with Crippen molar-refractivity contribution in [3.8, 4) is 0 Å². The molecule has 202 valence electrons. The number of carbonyl (C=O) groups excluding carboxylic acids is 1. The molecule has 0 radical (unpaired) electrons. The number of anilines is 1. The van der Waals surface area contributed by atoms with Crippen molar-refractivity contribution in [3.63, 3.8) is 0 Å². The lowest BCUT2D eigenvalue weighted by molar-refractivity contribution is 0.0983. The van der Waals surface area contributed by atoms with Crippen LogP contribution < -0.4 is 4.90 Å². The van der Waals surface area contributed by atoms with Gasteiger partial charge in [0.2, 0.25) is 10.0 Å². The molecule has 4 rings (SSSR count). The van der Waals surface area contributed by atoms with Crippen LogP contribution in [0.4, 0.5) is 5.13 Å². The van der Waals surface area contributed by atoms with Crippen molar-refractivity contribution < 1.29 is 17.6 Å². The molecule has 0 aliphatic rings. The Morgan fingerprint density at radius 2 is 1.66 bits per heavy atom. The molecule has 7 nitrogen and oxygen atoms in total. The molecule has 0 saturated heterocycles. The van der Waals surface area contributed by atoms with Gasteiger partial charge in [0.15, 0.2) is 5.13 Å². The summed E-state index contributed by atoms with van der Waals surface area (Å²) in [6.45, 7) is 13.2. The molecule has 0 spiro atoms. The maximum atomic E-state index is 13.8. The number of aromatic nitrogens is 1. The van der Waals surface area contributed by atoms with E-state index in [0.29, 0.717) is 29.5 Å². The Morgan fingerprint density at radius 1 is 1.00 bits per heavy atom. The molecule has 0 aliphatic carbocycles. The number of thiazole rings is 1. The van der Waals surface area contributed by atoms with Gasteiger partial charge in [-0.3, -0.25) is 9.69 Å². The number of amides is 1. The van der Waals surface area contributed by atoms with E-state index < -0.39 is 10.0 Å². The number of furan rings is 1. The van der Waals surface area contributed by atoms with Crippen molar-refractivity contribution in [2.75, 3.05) is 18.0 Å². The summed E-state index contributed by atoms with van der Waals surface area (Å²) in [5, 5.41) is 0.562. The van der Waals surface area contributed by atoms with Crippen molar-refractivity contribution in [3.05, 3.63) is 77.2 Å². The fraction of sp³-hybridized carbons (Fsp3) is 0.379. The van der Waals surface area contributed by atoms with E-state index in [0.717, 1.165) is 21.3 Å². The van der Waals surface area contributed by atoms with Crippen molar-refractivity contribution in [2.45, 2.75) is 53.0 Å². The average Bonchev–Trinajstić information content (AvgIpc) is 3.51. The standard InChI is InChI=1S/C29H35N3O4S2/c1-19(2)16-31(17-20(3)4)38(34,35)25-11-9-23(10-12-25)28(33)32(18-24-8-7-13-36-24)29-30-26-15-21(5)14-22(6)27(26)37-29/h7-15,19-20H,16-18H2,1-6H3. The normalized spacial score (nSPS) is 12.2. The van der Waals surface area contributed by atoms with Crippen LogP contribution in [0.1, 0.15) is 54.9 Å². The summed E-state index contributed by atoms with van der Waals surface area (Å²) in [5.41, 5.74) is 3.44. The lowest BCUT2D eigenvalue weighted by Crippen LogP contribution is -2.37. The van der Waals surface area contributed by atoms with Crippen LogP contribution in [0.5, 0.6) is 0 Å². The fourth-order valence-corrected chi connectivity index (χ4v) is 7.20. The van der Waals surface area contributed by atoms with Crippen LogP contribution in [0, 0.1) is 25.7 Å². The number of hydrogen-bond donors (Lipinski definition) is 0. The van der Waals surface area contributed by atoms with Crippen molar-refractivity contribution in [1.82, 2.24) is 9.29 Å². The van der Waals surface area contributed by atoms with Gasteiger partial charge in [-0.05, 0) is 79.3 Å². The van der Waals surface area contributed by atoms with E-state index in [4.69, 9.17) is 9.40 Å². The quantitative estimate of drug-likeness (QED) is 0.219. The smallest absolute Gasteiger partial charge is 0.260 e. The number of fused-ring (bicyclic) bond motifs is 1. The highest BCUT2D eigenvalue weighted by Gasteiger charge is 2.27. The Hall–Kier alpha value is -3.01. The van der Waals surface area contributed by atoms with Crippen LogP contribution >= 0.6 is 11.3 Å². The van der Waals surface area contributed by atoms with Gasteiger partial charge in [-0.25, -0.2) is 13.4 Å². The Kier molecular flexibility index (Phi) is 8.40. The maximum Gasteiger partial charge on any atom is 0.260 e. The molecule has 2 aromatic carbocycles. The van der Waals surface area contributed by atoms with Gasteiger partial charge in [-0.2, -0.15) is 4.31 Å². The third-order valence-corrected chi connectivity index (χ3v) is 9.13. The number of rotatable bonds is 10. The number of sulfonamides is 1. The molecule has 0 fully saturated rings. The number of carbonyl (C=O) groups is 1. The molecule has 0 bridgehead atoms. The Labute approximate surface area is 229 Å². The topological polar surface area (TPSA) is 83.7 Å². The van der Waals surface area contributed by atoms with E-state index in [1.165, 1.54) is 27.8 Å². The van der Waals surface area contributed by atoms with E-state index in [1.54, 1.807) is 29.4 Å². The summed E-state index contributed by atoms with van der Waals surface area (Å²) >= 11 is 1.46. The van der Waals surface area contributed by atoms with Crippen LogP contribution in [0.25, 0.3) is 10.2 Å². The molecule has 2 aromatic heterocycles. The van der Waals surface area contributed by atoms with Gasteiger partial charge in [0.1, 0.15) is 5.76 Å². The summed E-state index contributed by atoms with van der Waals surface area (Å²) < 4.78 is 34.9. The minimum Gasteiger partial charge on any atom is -0.467 e. The third kappa shape index (κ3) is 6.17. The van der Waals surface area contributed by atoms with Crippen LogP contribution in [0.15, 0.2) is 64.1 Å². The van der Waals surface area contributed by atoms with Gasteiger partial charge >= 0.3 is 0 Å². The van der Waals surface area contributed by atoms with E-state index >= 15 is 0 Å². The zero-order valence-electron chi connectivity index (χ0n) is 22.8. The highest BCUT2D eigenvalue weighted by atomic mass is 32.2. The zero-order chi connectivity index (χ0) is 27.6. The van der Waals surface area contributed by atoms with Crippen LogP contribution in [-0.2, 0) is 16.6 Å². The third-order valence-electron chi connectivity index (χ3n) is 6.06. The number of hydrogen-bond acceptors (Lipinski definition) is 6. The van der Waals surface area contributed by atoms with Crippen LogP contribution in [0.2, 0.25) is 0 Å². The van der Waals surface area contributed by atoms with Gasteiger partial charge in [0.05, 0.1) is 27.9 Å². The second-order valence-corrected chi connectivity index (χ2v) is 13.4. The fourth-order valence-electron chi connectivity index (χ4n) is 4.42. The highest BCUT2D eigenvalue weighted by molar-refractivity contribution is 7.89. The second kappa shape index (κ2) is 11.4. The first-order valence-electron chi connectivity index (χ1n) is 12.8. The first kappa shape index (κ1) is 28.0. The number of nitrogens with zero attached hydrogens (tertiary/aromatic N) is 3. The van der Waals surface area contributed by atoms with Crippen LogP contribution in [0.3, 0.4) is 0 Å². The molecule has 0 aliphatic heterocycles. The summed E-state index contributed by atoms with van der Waals surface area (Å²) in [4.78, 5) is 20.3. The molecular formula is C29H35N3O4S2. The molecule has 1 amide bonds. The molecule has 2 heterocycles. The van der Waals surface area contributed by atoms with Crippen molar-refractivity contribution in [2.24, 2.45) is 11.8 Å². The predicted molar refractivity (Wildman–Crippen MR) is 153 cm³/mol. The summed E-state index contributed by atoms with van der Waals surface area (Å²) in [6, 6.07) is 13.9. The monoisotopic (exact) mass is 553 g/mol. The minimum atomic E-state index is -3.69. The molecule has 0 saturated carbocycles. The minimum absolute atomic E-state index is 0.180. The Morgan fingerprint density at radius 3 is 2.24 bits per heavy atom. The van der Waals surface area contributed by atoms with Gasteiger partial charge in [-0.1, -0.05) is 45.1 Å². The van der Waals surface area contributed by atoms with E-state index in [1.807, 2.05) is 53.7 Å². The second-order valence-electron chi connectivity index (χ2n) is 10.5. The molecular weight excluding hydrogens is 518 g/mol. The van der Waals surface area contributed by atoms with Crippen molar-refractivity contribution >= 4 is 42.6 Å². The first-order chi connectivity index (χ1) is 18.0. The molecule has 0 unspecified atom stereocenters.